The maximum Gasteiger partial charge on any atom is 0.336 e. The fourth-order valence-electron chi connectivity index (χ4n) is 4.67. The molecule has 1 heterocycles. The number of Topliss-reactive ketones (excluding diaryl/α,β-unsaturated/α-hetero) is 1. The van der Waals surface area contributed by atoms with Crippen LogP contribution in [0.1, 0.15) is 42.7 Å². The van der Waals surface area contributed by atoms with Gasteiger partial charge in [-0.2, -0.15) is 0 Å². The maximum absolute atomic E-state index is 13.5. The van der Waals surface area contributed by atoms with Crippen LogP contribution in [0.4, 0.5) is 0 Å². The minimum atomic E-state index is -0.636. The van der Waals surface area contributed by atoms with Gasteiger partial charge in [0, 0.05) is 41.4 Å². The lowest BCUT2D eigenvalue weighted by atomic mass is 9.71. The first kappa shape index (κ1) is 23.1. The summed E-state index contributed by atoms with van der Waals surface area (Å²) in [7, 11) is 1.53. The Kier molecular flexibility index (Phi) is 6.86. The van der Waals surface area contributed by atoms with Gasteiger partial charge in [0.1, 0.15) is 12.4 Å². The van der Waals surface area contributed by atoms with Crippen LogP contribution in [0.25, 0.3) is 0 Å². The Balaban J connectivity index is 1.76. The number of hydrogen-bond acceptors (Lipinski definition) is 6. The summed E-state index contributed by atoms with van der Waals surface area (Å²) in [5, 5.41) is 14.0. The fourth-order valence-corrected chi connectivity index (χ4v) is 4.96. The van der Waals surface area contributed by atoms with E-state index in [1.165, 1.54) is 7.11 Å². The van der Waals surface area contributed by atoms with Crippen molar-refractivity contribution in [1.82, 2.24) is 5.32 Å². The number of methoxy groups -OCH3 is 1. The highest BCUT2D eigenvalue weighted by Crippen LogP contribution is 2.46. The van der Waals surface area contributed by atoms with E-state index in [1.54, 1.807) is 25.1 Å². The number of dihydropyridines is 1. The lowest BCUT2D eigenvalue weighted by molar-refractivity contribution is -0.140. The summed E-state index contributed by atoms with van der Waals surface area (Å²) in [6.07, 6.45) is 0.869. The predicted molar refractivity (Wildman–Crippen MR) is 125 cm³/mol. The zero-order valence-corrected chi connectivity index (χ0v) is 19.3. The van der Waals surface area contributed by atoms with Gasteiger partial charge in [0.2, 0.25) is 0 Å². The standard InChI is InChI=1S/C26H26ClNO5/c1-15-23(26(31)33-11-10-32-2)24(16-6-5-7-18(29)12-16)25-21(28-15)13-17(14-22(25)30)19-8-3-4-9-20(19)27/h3-9,12,17,24,28-29H,10-11,13-14H2,1-2H3. The summed E-state index contributed by atoms with van der Waals surface area (Å²) in [5.41, 5.74) is 3.88. The average Bonchev–Trinajstić information content (AvgIpc) is 2.78. The number of hydrogen-bond donors (Lipinski definition) is 2. The van der Waals surface area contributed by atoms with Crippen molar-refractivity contribution in [2.24, 2.45) is 0 Å². The number of rotatable bonds is 6. The highest BCUT2D eigenvalue weighted by Gasteiger charge is 2.41. The predicted octanol–water partition coefficient (Wildman–Crippen LogP) is 4.60. The molecule has 0 bridgehead atoms. The molecule has 0 spiro atoms. The van der Waals surface area contributed by atoms with Gasteiger partial charge in [0.25, 0.3) is 0 Å². The van der Waals surface area contributed by atoms with Crippen molar-refractivity contribution in [1.29, 1.82) is 0 Å². The lowest BCUT2D eigenvalue weighted by Gasteiger charge is -2.37. The van der Waals surface area contributed by atoms with Gasteiger partial charge < -0.3 is 19.9 Å². The minimum absolute atomic E-state index is 0.0586. The zero-order chi connectivity index (χ0) is 23.5. The fraction of sp³-hybridized carbons (Fsp3) is 0.308. The van der Waals surface area contributed by atoms with E-state index in [1.807, 2.05) is 30.3 Å². The molecule has 4 rings (SSSR count). The van der Waals surface area contributed by atoms with Crippen molar-refractivity contribution in [3.8, 4) is 5.75 Å². The number of esters is 1. The molecule has 2 N–H and O–H groups in total. The number of benzene rings is 2. The monoisotopic (exact) mass is 467 g/mol. The molecule has 6 nitrogen and oxygen atoms in total. The molecule has 0 aromatic heterocycles. The van der Waals surface area contributed by atoms with Crippen molar-refractivity contribution >= 4 is 23.4 Å². The molecule has 1 aliphatic carbocycles. The van der Waals surface area contributed by atoms with E-state index < -0.39 is 11.9 Å². The van der Waals surface area contributed by atoms with E-state index in [4.69, 9.17) is 21.1 Å². The molecule has 0 amide bonds. The summed E-state index contributed by atoms with van der Waals surface area (Å²) >= 11 is 6.42. The zero-order valence-electron chi connectivity index (χ0n) is 18.6. The van der Waals surface area contributed by atoms with Crippen LogP contribution < -0.4 is 5.32 Å². The molecule has 33 heavy (non-hydrogen) atoms. The molecule has 1 aliphatic heterocycles. The van der Waals surface area contributed by atoms with Gasteiger partial charge in [-0.25, -0.2) is 4.79 Å². The highest BCUT2D eigenvalue weighted by molar-refractivity contribution is 6.31. The second-order valence-electron chi connectivity index (χ2n) is 8.26. The number of ketones is 1. The average molecular weight is 468 g/mol. The van der Waals surface area contributed by atoms with Crippen LogP contribution in [0.2, 0.25) is 5.02 Å². The number of allylic oxidation sites excluding steroid dienone is 3. The van der Waals surface area contributed by atoms with Crippen molar-refractivity contribution < 1.29 is 24.2 Å². The number of nitrogens with one attached hydrogen (secondary N) is 1. The Morgan fingerprint density at radius 2 is 1.94 bits per heavy atom. The molecular weight excluding hydrogens is 442 g/mol. The highest BCUT2D eigenvalue weighted by atomic mass is 35.5. The molecule has 0 fully saturated rings. The normalized spacial score (nSPS) is 20.4. The molecular formula is C26H26ClNO5. The van der Waals surface area contributed by atoms with Crippen LogP contribution >= 0.6 is 11.6 Å². The molecule has 7 heteroatoms. The molecule has 2 aromatic carbocycles. The van der Waals surface area contributed by atoms with Crippen LogP contribution in [0, 0.1) is 0 Å². The molecule has 2 unspecified atom stereocenters. The Morgan fingerprint density at radius 3 is 2.67 bits per heavy atom. The smallest absolute Gasteiger partial charge is 0.336 e. The van der Waals surface area contributed by atoms with E-state index in [9.17, 15) is 14.7 Å². The summed E-state index contributed by atoms with van der Waals surface area (Å²) in [4.78, 5) is 26.6. The number of carbonyl (C=O) groups excluding carboxylic acids is 2. The third-order valence-corrected chi connectivity index (χ3v) is 6.46. The van der Waals surface area contributed by atoms with E-state index in [-0.39, 0.29) is 37.1 Å². The van der Waals surface area contributed by atoms with Gasteiger partial charge in [0.05, 0.1) is 12.2 Å². The summed E-state index contributed by atoms with van der Waals surface area (Å²) in [5.74, 6) is -1.21. The summed E-state index contributed by atoms with van der Waals surface area (Å²) in [6, 6.07) is 14.2. The Labute approximate surface area is 197 Å². The second kappa shape index (κ2) is 9.81. The number of phenolic OH excluding ortho intramolecular Hbond substituents is 1. The van der Waals surface area contributed by atoms with E-state index >= 15 is 0 Å². The van der Waals surface area contributed by atoms with Gasteiger partial charge in [0.15, 0.2) is 5.78 Å². The number of phenols is 1. The van der Waals surface area contributed by atoms with Gasteiger partial charge in [-0.3, -0.25) is 4.79 Å². The first-order valence-corrected chi connectivity index (χ1v) is 11.2. The Bertz CT molecular complexity index is 1150. The van der Waals surface area contributed by atoms with Crippen LogP contribution in [0.5, 0.6) is 5.75 Å². The number of ether oxygens (including phenoxy) is 2. The summed E-state index contributed by atoms with van der Waals surface area (Å²) in [6.45, 7) is 2.18. The minimum Gasteiger partial charge on any atom is -0.508 e. The SMILES string of the molecule is COCCOC(=O)C1=C(C)NC2=C(C(=O)CC(c3ccccc3Cl)C2)C1c1cccc(O)c1. The molecule has 0 saturated carbocycles. The van der Waals surface area contributed by atoms with Gasteiger partial charge in [-0.1, -0.05) is 41.9 Å². The topological polar surface area (TPSA) is 84.9 Å². The van der Waals surface area contributed by atoms with Crippen LogP contribution in [0.15, 0.2) is 71.1 Å². The summed E-state index contributed by atoms with van der Waals surface area (Å²) < 4.78 is 10.4. The number of carbonyl (C=O) groups is 2. The Morgan fingerprint density at radius 1 is 1.15 bits per heavy atom. The van der Waals surface area contributed by atoms with Crippen molar-refractivity contribution in [3.63, 3.8) is 0 Å². The molecule has 2 aromatic rings. The molecule has 172 valence electrons. The molecule has 2 atom stereocenters. The van der Waals surface area contributed by atoms with E-state index in [0.29, 0.717) is 33.9 Å². The van der Waals surface area contributed by atoms with Crippen LogP contribution in [-0.2, 0) is 19.1 Å². The quantitative estimate of drug-likeness (QED) is 0.477. The van der Waals surface area contributed by atoms with Crippen molar-refractivity contribution in [2.45, 2.75) is 31.6 Å². The molecule has 0 radical (unpaired) electrons. The van der Waals surface area contributed by atoms with Gasteiger partial charge >= 0.3 is 5.97 Å². The third-order valence-electron chi connectivity index (χ3n) is 6.12. The maximum atomic E-state index is 13.5. The van der Waals surface area contributed by atoms with Crippen LogP contribution in [0.3, 0.4) is 0 Å². The van der Waals surface area contributed by atoms with Crippen LogP contribution in [-0.4, -0.2) is 37.2 Å². The molecule has 0 saturated heterocycles. The first-order chi connectivity index (χ1) is 15.9. The van der Waals surface area contributed by atoms with E-state index in [0.717, 1.165) is 11.3 Å². The largest absolute Gasteiger partial charge is 0.508 e. The molecule has 2 aliphatic rings. The third kappa shape index (κ3) is 4.68. The first-order valence-electron chi connectivity index (χ1n) is 10.8. The number of halogens is 1. The van der Waals surface area contributed by atoms with Crippen molar-refractivity contribution in [2.75, 3.05) is 20.3 Å². The second-order valence-corrected chi connectivity index (χ2v) is 8.67. The number of aromatic hydroxyl groups is 1. The van der Waals surface area contributed by atoms with Gasteiger partial charge in [-0.05, 0) is 48.6 Å². The van der Waals surface area contributed by atoms with Gasteiger partial charge in [-0.15, -0.1) is 0 Å². The Hall–Kier alpha value is -3.09. The van der Waals surface area contributed by atoms with Crippen molar-refractivity contribution in [3.05, 3.63) is 87.2 Å². The van der Waals surface area contributed by atoms with E-state index in [2.05, 4.69) is 5.32 Å². The lowest BCUT2D eigenvalue weighted by Crippen LogP contribution is -2.36.